The highest BCUT2D eigenvalue weighted by molar-refractivity contribution is 6.30. The molecule has 2 nitrogen and oxygen atoms in total. The van der Waals surface area contributed by atoms with Crippen LogP contribution in [0, 0.1) is 12.7 Å². The van der Waals surface area contributed by atoms with Crippen molar-refractivity contribution in [1.82, 2.24) is 0 Å². The summed E-state index contributed by atoms with van der Waals surface area (Å²) in [5, 5.41) is 0.382. The Morgan fingerprint density at radius 1 is 1.25 bits per heavy atom. The zero-order chi connectivity index (χ0) is 14.7. The Morgan fingerprint density at radius 2 is 2.00 bits per heavy atom. The predicted molar refractivity (Wildman–Crippen MR) is 79.8 cm³/mol. The molecule has 0 spiro atoms. The van der Waals surface area contributed by atoms with Crippen LogP contribution in [0.2, 0.25) is 5.02 Å². The lowest BCUT2D eigenvalue weighted by atomic mass is 9.97. The molecule has 0 radical (unpaired) electrons. The van der Waals surface area contributed by atoms with Crippen molar-refractivity contribution in [2.75, 3.05) is 7.11 Å². The Hall–Kier alpha value is -1.58. The first-order valence-corrected chi connectivity index (χ1v) is 6.73. The average Bonchev–Trinajstić information content (AvgIpc) is 2.41. The fourth-order valence-corrected chi connectivity index (χ4v) is 2.32. The summed E-state index contributed by atoms with van der Waals surface area (Å²) in [6.07, 6.45) is 0.391. The molecule has 0 saturated heterocycles. The molecule has 2 N–H and O–H groups in total. The van der Waals surface area contributed by atoms with E-state index in [1.165, 1.54) is 6.07 Å². The molecule has 0 bridgehead atoms. The Morgan fingerprint density at radius 3 is 2.65 bits per heavy atom. The first-order valence-electron chi connectivity index (χ1n) is 6.35. The van der Waals surface area contributed by atoms with Gasteiger partial charge in [0.2, 0.25) is 0 Å². The fourth-order valence-electron chi connectivity index (χ4n) is 2.16. The molecular formula is C16H17ClFNO. The molecule has 0 aromatic heterocycles. The van der Waals surface area contributed by atoms with Gasteiger partial charge in [-0.3, -0.25) is 0 Å². The van der Waals surface area contributed by atoms with Crippen LogP contribution < -0.4 is 10.5 Å². The van der Waals surface area contributed by atoms with Crippen LogP contribution in [0.25, 0.3) is 0 Å². The number of benzene rings is 2. The molecule has 2 aromatic rings. The van der Waals surface area contributed by atoms with Crippen LogP contribution >= 0.6 is 11.6 Å². The van der Waals surface area contributed by atoms with E-state index in [4.69, 9.17) is 22.1 Å². The normalized spacial score (nSPS) is 12.2. The largest absolute Gasteiger partial charge is 0.496 e. The standard InChI is InChI=1S/C16H17ClFNO/c1-10-3-6-13(16(7-10)20-2)15(19)8-11-4-5-12(17)9-14(11)18/h3-7,9,15H,8,19H2,1-2H3. The van der Waals surface area contributed by atoms with Crippen molar-refractivity contribution in [1.29, 1.82) is 0 Å². The molecule has 0 fully saturated rings. The monoisotopic (exact) mass is 293 g/mol. The molecule has 106 valence electrons. The number of hydrogen-bond donors (Lipinski definition) is 1. The van der Waals surface area contributed by atoms with Crippen molar-refractivity contribution < 1.29 is 9.13 Å². The molecule has 0 amide bonds. The van der Waals surface area contributed by atoms with Crippen LogP contribution in [-0.4, -0.2) is 7.11 Å². The second-order valence-corrected chi connectivity index (χ2v) is 5.23. The van der Waals surface area contributed by atoms with E-state index in [0.29, 0.717) is 17.0 Å². The summed E-state index contributed by atoms with van der Waals surface area (Å²) in [5.41, 5.74) is 8.69. The second-order valence-electron chi connectivity index (χ2n) is 4.79. The van der Waals surface area contributed by atoms with Crippen molar-refractivity contribution in [3.05, 3.63) is 63.9 Å². The summed E-state index contributed by atoms with van der Waals surface area (Å²) >= 11 is 5.74. The maximum Gasteiger partial charge on any atom is 0.127 e. The van der Waals surface area contributed by atoms with Crippen molar-refractivity contribution in [3.8, 4) is 5.75 Å². The van der Waals surface area contributed by atoms with Crippen LogP contribution in [0.4, 0.5) is 4.39 Å². The molecule has 0 aliphatic heterocycles. The topological polar surface area (TPSA) is 35.2 Å². The third kappa shape index (κ3) is 3.30. The average molecular weight is 294 g/mol. The van der Waals surface area contributed by atoms with Gasteiger partial charge in [0.15, 0.2) is 0 Å². The van der Waals surface area contributed by atoms with Gasteiger partial charge in [0.25, 0.3) is 0 Å². The molecule has 0 saturated carbocycles. The number of nitrogens with two attached hydrogens (primary N) is 1. The van der Waals surface area contributed by atoms with E-state index in [9.17, 15) is 4.39 Å². The third-order valence-corrected chi connectivity index (χ3v) is 3.48. The molecule has 1 atom stereocenters. The minimum atomic E-state index is -0.334. The van der Waals surface area contributed by atoms with Crippen LogP contribution in [0.1, 0.15) is 22.7 Å². The first-order chi connectivity index (χ1) is 9.51. The maximum atomic E-state index is 13.8. The highest BCUT2D eigenvalue weighted by atomic mass is 35.5. The Balaban J connectivity index is 2.25. The summed E-state index contributed by atoms with van der Waals surface area (Å²) in [7, 11) is 1.61. The van der Waals surface area contributed by atoms with E-state index in [-0.39, 0.29) is 11.9 Å². The third-order valence-electron chi connectivity index (χ3n) is 3.24. The summed E-state index contributed by atoms with van der Waals surface area (Å²) < 4.78 is 19.1. The van der Waals surface area contributed by atoms with Gasteiger partial charge in [0, 0.05) is 16.6 Å². The van der Waals surface area contributed by atoms with Crippen LogP contribution in [0.15, 0.2) is 36.4 Å². The quantitative estimate of drug-likeness (QED) is 0.923. The summed E-state index contributed by atoms with van der Waals surface area (Å²) in [5.74, 6) is 0.394. The summed E-state index contributed by atoms with van der Waals surface area (Å²) in [6, 6.07) is 10.1. The minimum absolute atomic E-state index is 0.332. The van der Waals surface area contributed by atoms with E-state index < -0.39 is 0 Å². The van der Waals surface area contributed by atoms with Crippen LogP contribution in [-0.2, 0) is 6.42 Å². The molecule has 2 aromatic carbocycles. The van der Waals surface area contributed by atoms with Gasteiger partial charge in [-0.1, -0.05) is 29.8 Å². The number of methoxy groups -OCH3 is 1. The predicted octanol–water partition coefficient (Wildman–Crippen LogP) is 4.04. The van der Waals surface area contributed by atoms with E-state index in [2.05, 4.69) is 0 Å². The Kier molecular flexibility index (Phi) is 4.63. The van der Waals surface area contributed by atoms with Gasteiger partial charge in [0.1, 0.15) is 11.6 Å². The Labute approximate surface area is 123 Å². The molecule has 0 aliphatic carbocycles. The van der Waals surface area contributed by atoms with Crippen molar-refractivity contribution in [3.63, 3.8) is 0 Å². The second kappa shape index (κ2) is 6.25. The number of aryl methyl sites for hydroxylation is 1. The highest BCUT2D eigenvalue weighted by Crippen LogP contribution is 2.28. The lowest BCUT2D eigenvalue weighted by Gasteiger charge is -2.17. The molecule has 1 unspecified atom stereocenters. The summed E-state index contributed by atoms with van der Waals surface area (Å²) in [4.78, 5) is 0. The SMILES string of the molecule is COc1cc(C)ccc1C(N)Cc1ccc(Cl)cc1F. The number of hydrogen-bond acceptors (Lipinski definition) is 2. The summed E-state index contributed by atoms with van der Waals surface area (Å²) in [6.45, 7) is 1.98. The van der Waals surface area contributed by atoms with E-state index in [1.54, 1.807) is 19.2 Å². The fraction of sp³-hybridized carbons (Fsp3) is 0.250. The number of halogens is 2. The van der Waals surface area contributed by atoms with Gasteiger partial charge in [-0.25, -0.2) is 4.39 Å². The van der Waals surface area contributed by atoms with Crippen LogP contribution in [0.5, 0.6) is 5.75 Å². The lowest BCUT2D eigenvalue weighted by molar-refractivity contribution is 0.405. The van der Waals surface area contributed by atoms with E-state index in [1.807, 2.05) is 25.1 Å². The zero-order valence-electron chi connectivity index (χ0n) is 11.5. The van der Waals surface area contributed by atoms with Gasteiger partial charge in [-0.2, -0.15) is 0 Å². The van der Waals surface area contributed by atoms with Crippen molar-refractivity contribution in [2.24, 2.45) is 5.73 Å². The van der Waals surface area contributed by atoms with E-state index in [0.717, 1.165) is 16.9 Å². The van der Waals surface area contributed by atoms with Crippen LogP contribution in [0.3, 0.4) is 0 Å². The Bertz CT molecular complexity index is 615. The lowest BCUT2D eigenvalue weighted by Crippen LogP contribution is -2.15. The molecule has 20 heavy (non-hydrogen) atoms. The van der Waals surface area contributed by atoms with Gasteiger partial charge in [0.05, 0.1) is 7.11 Å². The first kappa shape index (κ1) is 14.8. The molecule has 0 heterocycles. The highest BCUT2D eigenvalue weighted by Gasteiger charge is 2.15. The smallest absolute Gasteiger partial charge is 0.127 e. The van der Waals surface area contributed by atoms with Gasteiger partial charge < -0.3 is 10.5 Å². The molecular weight excluding hydrogens is 277 g/mol. The van der Waals surface area contributed by atoms with Gasteiger partial charge >= 0.3 is 0 Å². The number of rotatable bonds is 4. The van der Waals surface area contributed by atoms with Gasteiger partial charge in [-0.05, 0) is 42.7 Å². The number of ether oxygens (including phenoxy) is 1. The maximum absolute atomic E-state index is 13.8. The van der Waals surface area contributed by atoms with Gasteiger partial charge in [-0.15, -0.1) is 0 Å². The van der Waals surface area contributed by atoms with E-state index >= 15 is 0 Å². The van der Waals surface area contributed by atoms with Crippen molar-refractivity contribution in [2.45, 2.75) is 19.4 Å². The molecule has 2 rings (SSSR count). The molecule has 0 aliphatic rings. The molecule has 4 heteroatoms. The zero-order valence-corrected chi connectivity index (χ0v) is 12.2. The minimum Gasteiger partial charge on any atom is -0.496 e. The van der Waals surface area contributed by atoms with Crippen molar-refractivity contribution >= 4 is 11.6 Å².